The van der Waals surface area contributed by atoms with Crippen LogP contribution in [0, 0.1) is 0 Å². The molecular weight excluding hydrogens is 542 g/mol. The molecular formula is C23H17Br2N3O4. The number of nitrogens with one attached hydrogen (secondary N) is 2. The van der Waals surface area contributed by atoms with Crippen molar-refractivity contribution in [1.29, 1.82) is 0 Å². The van der Waals surface area contributed by atoms with Crippen LogP contribution in [0.5, 0.6) is 5.75 Å². The molecule has 32 heavy (non-hydrogen) atoms. The van der Waals surface area contributed by atoms with Crippen molar-refractivity contribution in [3.63, 3.8) is 0 Å². The molecule has 3 aromatic carbocycles. The molecule has 3 rings (SSSR count). The number of nitrogens with zero attached hydrogens (tertiary/aromatic N) is 1. The third-order valence-electron chi connectivity index (χ3n) is 4.12. The third-order valence-corrected chi connectivity index (χ3v) is 5.50. The fraction of sp³-hybridized carbons (Fsp3) is 0.0435. The van der Waals surface area contributed by atoms with E-state index in [2.05, 4.69) is 47.7 Å². The summed E-state index contributed by atoms with van der Waals surface area (Å²) in [5.41, 5.74) is 3.88. The number of benzene rings is 3. The summed E-state index contributed by atoms with van der Waals surface area (Å²) in [6.45, 7) is -0.221. The molecule has 0 fully saturated rings. The molecule has 162 valence electrons. The van der Waals surface area contributed by atoms with Crippen LogP contribution in [-0.4, -0.2) is 30.5 Å². The lowest BCUT2D eigenvalue weighted by atomic mass is 10.2. The summed E-state index contributed by atoms with van der Waals surface area (Å²) >= 11 is 6.61. The Labute approximate surface area is 201 Å². The zero-order chi connectivity index (χ0) is 22.9. The largest absolute Gasteiger partial charge is 0.423 e. The van der Waals surface area contributed by atoms with E-state index >= 15 is 0 Å². The van der Waals surface area contributed by atoms with Crippen molar-refractivity contribution in [1.82, 2.24) is 10.7 Å². The maximum Gasteiger partial charge on any atom is 0.344 e. The summed E-state index contributed by atoms with van der Waals surface area (Å²) in [7, 11) is 0. The first-order chi connectivity index (χ1) is 15.4. The molecule has 0 unspecified atom stereocenters. The predicted octanol–water partition coefficient (Wildman–Crippen LogP) is 4.31. The van der Waals surface area contributed by atoms with Gasteiger partial charge in [-0.2, -0.15) is 5.10 Å². The summed E-state index contributed by atoms with van der Waals surface area (Å²) in [6.07, 6.45) is 1.44. The van der Waals surface area contributed by atoms with Crippen LogP contribution < -0.4 is 15.5 Å². The van der Waals surface area contributed by atoms with Crippen molar-refractivity contribution in [3.05, 3.63) is 98.4 Å². The first-order valence-corrected chi connectivity index (χ1v) is 10.9. The molecule has 2 amide bonds. The quantitative estimate of drug-likeness (QED) is 0.195. The molecule has 0 heterocycles. The van der Waals surface area contributed by atoms with Crippen LogP contribution in [0.25, 0.3) is 0 Å². The van der Waals surface area contributed by atoms with Crippen molar-refractivity contribution in [2.24, 2.45) is 5.10 Å². The lowest BCUT2D eigenvalue weighted by molar-refractivity contribution is -0.120. The van der Waals surface area contributed by atoms with E-state index < -0.39 is 11.9 Å². The van der Waals surface area contributed by atoms with E-state index in [4.69, 9.17) is 4.74 Å². The minimum Gasteiger partial charge on any atom is -0.423 e. The highest BCUT2D eigenvalue weighted by molar-refractivity contribution is 9.10. The molecule has 0 atom stereocenters. The van der Waals surface area contributed by atoms with E-state index in [1.807, 2.05) is 6.07 Å². The molecule has 0 bridgehead atoms. The lowest BCUT2D eigenvalue weighted by Crippen LogP contribution is -2.35. The molecule has 0 saturated carbocycles. The second kappa shape index (κ2) is 11.4. The number of amides is 2. The Morgan fingerprint density at radius 2 is 1.44 bits per heavy atom. The van der Waals surface area contributed by atoms with E-state index in [1.54, 1.807) is 66.7 Å². The zero-order valence-corrected chi connectivity index (χ0v) is 19.7. The van der Waals surface area contributed by atoms with Gasteiger partial charge in [0.15, 0.2) is 0 Å². The maximum absolute atomic E-state index is 12.2. The molecule has 0 spiro atoms. The molecule has 9 heteroatoms. The zero-order valence-electron chi connectivity index (χ0n) is 16.5. The second-order valence-electron chi connectivity index (χ2n) is 6.39. The van der Waals surface area contributed by atoms with Crippen LogP contribution in [0.3, 0.4) is 0 Å². The number of hydrogen-bond acceptors (Lipinski definition) is 5. The Balaban J connectivity index is 1.47. The average molecular weight is 559 g/mol. The normalized spacial score (nSPS) is 10.6. The summed E-state index contributed by atoms with van der Waals surface area (Å²) < 4.78 is 6.64. The summed E-state index contributed by atoms with van der Waals surface area (Å²) in [6, 6.07) is 20.5. The highest BCUT2D eigenvalue weighted by Gasteiger charge is 2.12. The number of carbonyl (C=O) groups is 3. The minimum atomic E-state index is -0.476. The van der Waals surface area contributed by atoms with E-state index in [9.17, 15) is 14.4 Å². The van der Waals surface area contributed by atoms with Crippen LogP contribution in [-0.2, 0) is 4.79 Å². The molecule has 0 aliphatic heterocycles. The van der Waals surface area contributed by atoms with Gasteiger partial charge in [0.05, 0.1) is 23.9 Å². The van der Waals surface area contributed by atoms with Gasteiger partial charge in [0.2, 0.25) is 0 Å². The van der Waals surface area contributed by atoms with Crippen molar-refractivity contribution in [2.45, 2.75) is 0 Å². The van der Waals surface area contributed by atoms with Crippen LogP contribution in [0.1, 0.15) is 26.3 Å². The molecule has 0 aliphatic carbocycles. The van der Waals surface area contributed by atoms with Gasteiger partial charge in [0, 0.05) is 8.95 Å². The molecule has 0 saturated heterocycles. The highest BCUT2D eigenvalue weighted by Crippen LogP contribution is 2.19. The SMILES string of the molecule is O=C(CNC(=O)c1ccccc1Br)N/N=C/c1ccc(OC(=O)c2ccccc2Br)cc1. The van der Waals surface area contributed by atoms with Crippen LogP contribution >= 0.6 is 31.9 Å². The molecule has 2 N–H and O–H groups in total. The topological polar surface area (TPSA) is 96.9 Å². The monoisotopic (exact) mass is 557 g/mol. The lowest BCUT2D eigenvalue weighted by Gasteiger charge is -2.06. The first kappa shape index (κ1) is 23.4. The number of hydrazone groups is 1. The van der Waals surface area contributed by atoms with Gasteiger partial charge in [-0.25, -0.2) is 10.2 Å². The van der Waals surface area contributed by atoms with Gasteiger partial charge in [0.25, 0.3) is 11.8 Å². The van der Waals surface area contributed by atoms with Gasteiger partial charge in [-0.05, 0) is 86.0 Å². The minimum absolute atomic E-state index is 0.221. The van der Waals surface area contributed by atoms with E-state index in [1.165, 1.54) is 6.21 Å². The van der Waals surface area contributed by atoms with Gasteiger partial charge >= 0.3 is 5.97 Å². The Kier molecular flexibility index (Phi) is 8.29. The van der Waals surface area contributed by atoms with Crippen molar-refractivity contribution in [2.75, 3.05) is 6.54 Å². The number of carbonyl (C=O) groups excluding carboxylic acids is 3. The number of ether oxygens (including phenoxy) is 1. The van der Waals surface area contributed by atoms with E-state index in [0.717, 1.165) is 0 Å². The van der Waals surface area contributed by atoms with Gasteiger partial charge < -0.3 is 10.1 Å². The van der Waals surface area contributed by atoms with Gasteiger partial charge in [-0.15, -0.1) is 0 Å². The standard InChI is InChI=1S/C23H17Br2N3O4/c24-19-7-3-1-5-17(19)22(30)26-14-21(29)28-27-13-15-9-11-16(12-10-15)32-23(31)18-6-2-4-8-20(18)25/h1-13H,14H2,(H,26,30)(H,28,29)/b27-13+. The third kappa shape index (κ3) is 6.60. The number of halogens is 2. The Morgan fingerprint density at radius 3 is 2.06 bits per heavy atom. The maximum atomic E-state index is 12.2. The highest BCUT2D eigenvalue weighted by atomic mass is 79.9. The molecule has 7 nitrogen and oxygen atoms in total. The second-order valence-corrected chi connectivity index (χ2v) is 8.10. The summed E-state index contributed by atoms with van der Waals surface area (Å²) in [5, 5.41) is 6.39. The smallest absolute Gasteiger partial charge is 0.344 e. The van der Waals surface area contributed by atoms with Gasteiger partial charge in [0.1, 0.15) is 5.75 Å². The summed E-state index contributed by atoms with van der Waals surface area (Å²) in [5.74, 6) is -0.942. The molecule has 0 radical (unpaired) electrons. The van der Waals surface area contributed by atoms with E-state index in [0.29, 0.717) is 31.4 Å². The Hall–Kier alpha value is -3.30. The number of hydrogen-bond donors (Lipinski definition) is 2. The summed E-state index contributed by atoms with van der Waals surface area (Å²) in [4.78, 5) is 36.2. The molecule has 3 aromatic rings. The van der Waals surface area contributed by atoms with Crippen LogP contribution in [0.15, 0.2) is 86.8 Å². The van der Waals surface area contributed by atoms with Crippen molar-refractivity contribution < 1.29 is 19.1 Å². The first-order valence-electron chi connectivity index (χ1n) is 9.35. The fourth-order valence-electron chi connectivity index (χ4n) is 2.53. The van der Waals surface area contributed by atoms with Crippen LogP contribution in [0.2, 0.25) is 0 Å². The molecule has 0 aromatic heterocycles. The number of rotatable bonds is 7. The average Bonchev–Trinajstić information content (AvgIpc) is 2.79. The predicted molar refractivity (Wildman–Crippen MR) is 128 cm³/mol. The van der Waals surface area contributed by atoms with Crippen molar-refractivity contribution in [3.8, 4) is 5.75 Å². The Morgan fingerprint density at radius 1 is 0.844 bits per heavy atom. The van der Waals surface area contributed by atoms with Gasteiger partial charge in [-0.1, -0.05) is 24.3 Å². The van der Waals surface area contributed by atoms with Gasteiger partial charge in [-0.3, -0.25) is 9.59 Å². The Bertz CT molecular complexity index is 1160. The van der Waals surface area contributed by atoms with E-state index in [-0.39, 0.29) is 12.5 Å². The molecule has 0 aliphatic rings. The fourth-order valence-corrected chi connectivity index (χ4v) is 3.44. The van der Waals surface area contributed by atoms with Crippen LogP contribution in [0.4, 0.5) is 0 Å². The van der Waals surface area contributed by atoms with Crippen molar-refractivity contribution >= 4 is 55.9 Å². The number of esters is 1.